The van der Waals surface area contributed by atoms with Gasteiger partial charge in [-0.25, -0.2) is 4.39 Å². The van der Waals surface area contributed by atoms with Crippen molar-refractivity contribution in [3.8, 4) is 0 Å². The molecule has 3 rings (SSSR count). The van der Waals surface area contributed by atoms with Crippen molar-refractivity contribution in [1.29, 1.82) is 0 Å². The molecule has 0 spiro atoms. The van der Waals surface area contributed by atoms with Crippen LogP contribution in [0.3, 0.4) is 0 Å². The van der Waals surface area contributed by atoms with Crippen molar-refractivity contribution in [2.24, 2.45) is 0 Å². The standard InChI is InChI=1S/C22H22FN3O/c1-3-26(20-6-4-5-16(2)13-20)22(27)21-14-19(11-12-24-21)25-15-17-7-9-18(23)10-8-17/h4-14H,3,15H2,1-2H3,(H,24,25). The first-order valence-corrected chi connectivity index (χ1v) is 8.89. The van der Waals surface area contributed by atoms with Crippen LogP contribution in [0.1, 0.15) is 28.5 Å². The lowest BCUT2D eigenvalue weighted by Gasteiger charge is -2.21. The second-order valence-electron chi connectivity index (χ2n) is 6.30. The smallest absolute Gasteiger partial charge is 0.276 e. The quantitative estimate of drug-likeness (QED) is 0.684. The molecule has 2 aromatic carbocycles. The van der Waals surface area contributed by atoms with Gasteiger partial charge in [0, 0.05) is 30.7 Å². The summed E-state index contributed by atoms with van der Waals surface area (Å²) in [5, 5.41) is 3.25. The largest absolute Gasteiger partial charge is 0.381 e. The molecular formula is C22H22FN3O. The second kappa shape index (κ2) is 8.45. The number of hydrogen-bond donors (Lipinski definition) is 1. The lowest BCUT2D eigenvalue weighted by atomic mass is 10.2. The van der Waals surface area contributed by atoms with E-state index in [0.29, 0.717) is 18.8 Å². The fourth-order valence-electron chi connectivity index (χ4n) is 2.84. The van der Waals surface area contributed by atoms with Crippen molar-refractivity contribution in [2.45, 2.75) is 20.4 Å². The fraction of sp³-hybridized carbons (Fsp3) is 0.182. The Balaban J connectivity index is 1.75. The van der Waals surface area contributed by atoms with E-state index in [1.165, 1.54) is 12.1 Å². The minimum Gasteiger partial charge on any atom is -0.381 e. The number of hydrogen-bond acceptors (Lipinski definition) is 3. The van der Waals surface area contributed by atoms with Crippen LogP contribution in [-0.4, -0.2) is 17.4 Å². The van der Waals surface area contributed by atoms with Gasteiger partial charge in [0.1, 0.15) is 11.5 Å². The molecule has 27 heavy (non-hydrogen) atoms. The van der Waals surface area contributed by atoms with Crippen molar-refractivity contribution in [3.05, 3.63) is 89.5 Å². The number of benzene rings is 2. The summed E-state index contributed by atoms with van der Waals surface area (Å²) in [6, 6.07) is 17.7. The van der Waals surface area contributed by atoms with Gasteiger partial charge in [-0.05, 0) is 61.4 Å². The van der Waals surface area contributed by atoms with E-state index in [1.807, 2.05) is 44.2 Å². The minimum atomic E-state index is -0.258. The Labute approximate surface area is 158 Å². The maximum atomic E-state index is 13.0. The number of carbonyl (C=O) groups excluding carboxylic acids is 1. The molecule has 1 aromatic heterocycles. The van der Waals surface area contributed by atoms with Gasteiger partial charge in [0.15, 0.2) is 0 Å². The van der Waals surface area contributed by atoms with Crippen LogP contribution in [0.25, 0.3) is 0 Å². The molecule has 0 fully saturated rings. The van der Waals surface area contributed by atoms with Gasteiger partial charge in [-0.1, -0.05) is 24.3 Å². The third-order valence-corrected chi connectivity index (χ3v) is 4.26. The summed E-state index contributed by atoms with van der Waals surface area (Å²) in [4.78, 5) is 18.9. The number of pyridine rings is 1. The maximum absolute atomic E-state index is 13.0. The Morgan fingerprint density at radius 1 is 1.11 bits per heavy atom. The summed E-state index contributed by atoms with van der Waals surface area (Å²) in [6.07, 6.45) is 1.62. The van der Waals surface area contributed by atoms with Crippen LogP contribution >= 0.6 is 0 Å². The highest BCUT2D eigenvalue weighted by atomic mass is 19.1. The fourth-order valence-corrected chi connectivity index (χ4v) is 2.84. The summed E-state index contributed by atoms with van der Waals surface area (Å²) in [7, 11) is 0. The van der Waals surface area contributed by atoms with E-state index in [1.54, 1.807) is 29.3 Å². The van der Waals surface area contributed by atoms with Gasteiger partial charge in [0.25, 0.3) is 5.91 Å². The number of rotatable bonds is 6. The zero-order chi connectivity index (χ0) is 19.2. The molecule has 0 aliphatic rings. The van der Waals surface area contributed by atoms with Crippen molar-refractivity contribution in [1.82, 2.24) is 4.98 Å². The van der Waals surface area contributed by atoms with Crippen LogP contribution in [0, 0.1) is 12.7 Å². The zero-order valence-corrected chi connectivity index (χ0v) is 15.4. The van der Waals surface area contributed by atoms with Gasteiger partial charge in [-0.3, -0.25) is 9.78 Å². The van der Waals surface area contributed by atoms with Crippen LogP contribution in [-0.2, 0) is 6.54 Å². The van der Waals surface area contributed by atoms with Gasteiger partial charge in [-0.2, -0.15) is 0 Å². The summed E-state index contributed by atoms with van der Waals surface area (Å²) in [5.74, 6) is -0.403. The third kappa shape index (κ3) is 4.70. The van der Waals surface area contributed by atoms with Crippen molar-refractivity contribution >= 4 is 17.3 Å². The molecule has 4 nitrogen and oxygen atoms in total. The molecule has 0 aliphatic heterocycles. The molecule has 1 amide bonds. The highest BCUT2D eigenvalue weighted by Crippen LogP contribution is 2.19. The van der Waals surface area contributed by atoms with Crippen molar-refractivity contribution in [3.63, 3.8) is 0 Å². The van der Waals surface area contributed by atoms with Crippen LogP contribution < -0.4 is 10.2 Å². The van der Waals surface area contributed by atoms with Gasteiger partial charge in [0.2, 0.25) is 0 Å². The molecule has 0 saturated heterocycles. The lowest BCUT2D eigenvalue weighted by molar-refractivity contribution is 0.0983. The van der Waals surface area contributed by atoms with E-state index >= 15 is 0 Å². The van der Waals surface area contributed by atoms with Gasteiger partial charge >= 0.3 is 0 Å². The number of carbonyl (C=O) groups is 1. The third-order valence-electron chi connectivity index (χ3n) is 4.26. The van der Waals surface area contributed by atoms with Crippen LogP contribution in [0.2, 0.25) is 0 Å². The number of nitrogens with zero attached hydrogens (tertiary/aromatic N) is 2. The first-order chi connectivity index (χ1) is 13.1. The van der Waals surface area contributed by atoms with Gasteiger partial charge in [0.05, 0.1) is 0 Å². The monoisotopic (exact) mass is 363 g/mol. The highest BCUT2D eigenvalue weighted by Gasteiger charge is 2.17. The summed E-state index contributed by atoms with van der Waals surface area (Å²) in [6.45, 7) is 5.03. The van der Waals surface area contributed by atoms with Gasteiger partial charge < -0.3 is 10.2 Å². The van der Waals surface area contributed by atoms with E-state index in [-0.39, 0.29) is 11.7 Å². The van der Waals surface area contributed by atoms with Crippen molar-refractivity contribution < 1.29 is 9.18 Å². The Bertz CT molecular complexity index is 925. The number of anilines is 2. The SMILES string of the molecule is CCN(C(=O)c1cc(NCc2ccc(F)cc2)ccn1)c1cccc(C)c1. The molecule has 5 heteroatoms. The Kier molecular flexibility index (Phi) is 5.81. The molecule has 3 aromatic rings. The lowest BCUT2D eigenvalue weighted by Crippen LogP contribution is -2.31. The highest BCUT2D eigenvalue weighted by molar-refractivity contribution is 6.05. The molecule has 0 aliphatic carbocycles. The number of aryl methyl sites for hydroxylation is 1. The zero-order valence-electron chi connectivity index (χ0n) is 15.4. The van der Waals surface area contributed by atoms with Gasteiger partial charge in [-0.15, -0.1) is 0 Å². The number of amides is 1. The Morgan fingerprint density at radius 2 is 1.89 bits per heavy atom. The summed E-state index contributed by atoms with van der Waals surface area (Å²) >= 11 is 0. The average Bonchev–Trinajstić information content (AvgIpc) is 2.68. The normalized spacial score (nSPS) is 10.5. The Morgan fingerprint density at radius 3 is 2.59 bits per heavy atom. The maximum Gasteiger partial charge on any atom is 0.276 e. The molecule has 0 bridgehead atoms. The first-order valence-electron chi connectivity index (χ1n) is 8.89. The Hall–Kier alpha value is -3.21. The van der Waals surface area contributed by atoms with E-state index in [9.17, 15) is 9.18 Å². The number of nitrogens with one attached hydrogen (secondary N) is 1. The first kappa shape index (κ1) is 18.6. The molecular weight excluding hydrogens is 341 g/mol. The minimum absolute atomic E-state index is 0.145. The van der Waals surface area contributed by atoms with Crippen LogP contribution in [0.4, 0.5) is 15.8 Å². The summed E-state index contributed by atoms with van der Waals surface area (Å²) < 4.78 is 13.0. The van der Waals surface area contributed by atoms with E-state index < -0.39 is 0 Å². The average molecular weight is 363 g/mol. The van der Waals surface area contributed by atoms with E-state index in [0.717, 1.165) is 22.5 Å². The topological polar surface area (TPSA) is 45.2 Å². The molecule has 0 atom stereocenters. The molecule has 0 saturated carbocycles. The molecule has 0 radical (unpaired) electrons. The van der Waals surface area contributed by atoms with Crippen LogP contribution in [0.15, 0.2) is 66.9 Å². The van der Waals surface area contributed by atoms with E-state index in [2.05, 4.69) is 10.3 Å². The van der Waals surface area contributed by atoms with Crippen molar-refractivity contribution in [2.75, 3.05) is 16.8 Å². The molecule has 1 heterocycles. The molecule has 138 valence electrons. The molecule has 0 unspecified atom stereocenters. The second-order valence-corrected chi connectivity index (χ2v) is 6.30. The number of halogens is 1. The van der Waals surface area contributed by atoms with E-state index in [4.69, 9.17) is 0 Å². The molecule has 1 N–H and O–H groups in total. The predicted molar refractivity (Wildman–Crippen MR) is 106 cm³/mol. The summed E-state index contributed by atoms with van der Waals surface area (Å²) in [5.41, 5.74) is 4.08. The van der Waals surface area contributed by atoms with Crippen LogP contribution in [0.5, 0.6) is 0 Å². The number of aromatic nitrogens is 1. The predicted octanol–water partition coefficient (Wildman–Crippen LogP) is 4.81.